The van der Waals surface area contributed by atoms with E-state index in [0.717, 1.165) is 0 Å². The summed E-state index contributed by atoms with van der Waals surface area (Å²) in [5.74, 6) is 1.32. The van der Waals surface area contributed by atoms with Crippen molar-refractivity contribution in [3.63, 3.8) is 0 Å². The molecule has 2 aromatic rings. The van der Waals surface area contributed by atoms with Gasteiger partial charge in [-0.05, 0) is 30.3 Å². The second-order valence-electron chi connectivity index (χ2n) is 3.78. The fourth-order valence-electron chi connectivity index (χ4n) is 1.54. The topological polar surface area (TPSA) is 52.6 Å². The van der Waals surface area contributed by atoms with E-state index in [0.29, 0.717) is 17.2 Å². The van der Waals surface area contributed by atoms with Crippen LogP contribution in [-0.4, -0.2) is 15.5 Å². The molecule has 106 valence electrons. The van der Waals surface area contributed by atoms with Gasteiger partial charge >= 0.3 is 0 Å². The molecule has 0 saturated heterocycles. The van der Waals surface area contributed by atoms with E-state index in [-0.39, 0.29) is 9.92 Å². The lowest BCUT2D eigenvalue weighted by Crippen LogP contribution is -1.93. The third-order valence-electron chi connectivity index (χ3n) is 2.47. The number of hydrogen-bond donors (Lipinski definition) is 0. The Labute approximate surface area is 126 Å². The molecule has 0 unspecified atom stereocenters. The fraction of sp³-hybridized carbons (Fsp3) is 0.0769. The van der Waals surface area contributed by atoms with Gasteiger partial charge in [0.25, 0.3) is 9.05 Å². The highest BCUT2D eigenvalue weighted by Gasteiger charge is 2.14. The van der Waals surface area contributed by atoms with Crippen molar-refractivity contribution in [3.05, 3.63) is 47.5 Å². The van der Waals surface area contributed by atoms with Gasteiger partial charge in [-0.3, -0.25) is 0 Å². The summed E-state index contributed by atoms with van der Waals surface area (Å²) >= 11 is 5.99. The summed E-state index contributed by atoms with van der Waals surface area (Å²) < 4.78 is 33.2. The first kappa shape index (κ1) is 15.0. The zero-order valence-corrected chi connectivity index (χ0v) is 12.7. The molecule has 0 amide bonds. The Bertz CT molecular complexity index is 729. The lowest BCUT2D eigenvalue weighted by molar-refractivity contribution is 0.379. The quantitative estimate of drug-likeness (QED) is 0.792. The van der Waals surface area contributed by atoms with E-state index in [9.17, 15) is 8.42 Å². The molecule has 0 fully saturated rings. The largest absolute Gasteiger partial charge is 0.493 e. The van der Waals surface area contributed by atoms with Crippen molar-refractivity contribution in [2.24, 2.45) is 0 Å². The molecule has 0 aliphatic carbocycles. The van der Waals surface area contributed by atoms with Gasteiger partial charge < -0.3 is 9.47 Å². The number of hydrogen-bond acceptors (Lipinski definition) is 4. The number of rotatable bonds is 4. The van der Waals surface area contributed by atoms with Crippen molar-refractivity contribution < 1.29 is 17.9 Å². The molecule has 0 aliphatic heterocycles. The fourth-order valence-corrected chi connectivity index (χ4v) is 2.60. The molecule has 0 bridgehead atoms. The summed E-state index contributed by atoms with van der Waals surface area (Å²) in [6.07, 6.45) is 0. The van der Waals surface area contributed by atoms with Crippen LogP contribution in [0.15, 0.2) is 47.4 Å². The van der Waals surface area contributed by atoms with E-state index in [2.05, 4.69) is 0 Å². The van der Waals surface area contributed by atoms with Gasteiger partial charge in [-0.2, -0.15) is 0 Å². The summed E-state index contributed by atoms with van der Waals surface area (Å²) in [4.78, 5) is -0.0865. The summed E-state index contributed by atoms with van der Waals surface area (Å²) in [5.41, 5.74) is 0. The Morgan fingerprint density at radius 3 is 2.20 bits per heavy atom. The molecule has 2 aromatic carbocycles. The Kier molecular flexibility index (Phi) is 4.42. The number of para-hydroxylation sites is 2. The summed E-state index contributed by atoms with van der Waals surface area (Å²) in [5, 5.41) is 0.137. The summed E-state index contributed by atoms with van der Waals surface area (Å²) in [6, 6.07) is 11.0. The maximum Gasteiger partial charge on any atom is 0.261 e. The monoisotopic (exact) mass is 332 g/mol. The molecule has 0 aliphatic rings. The third-order valence-corrected chi connectivity index (χ3v) is 4.12. The van der Waals surface area contributed by atoms with Crippen LogP contribution in [0.1, 0.15) is 0 Å². The smallest absolute Gasteiger partial charge is 0.261 e. The van der Waals surface area contributed by atoms with Gasteiger partial charge in [0.2, 0.25) is 0 Å². The maximum atomic E-state index is 11.2. The highest BCUT2D eigenvalue weighted by atomic mass is 35.7. The van der Waals surface area contributed by atoms with E-state index in [1.54, 1.807) is 24.3 Å². The Hall–Kier alpha value is -1.43. The van der Waals surface area contributed by atoms with Crippen LogP contribution in [0.5, 0.6) is 17.2 Å². The van der Waals surface area contributed by atoms with Crippen LogP contribution in [0, 0.1) is 0 Å². The molecule has 0 atom stereocenters. The van der Waals surface area contributed by atoms with Crippen LogP contribution in [-0.2, 0) is 9.05 Å². The molecule has 0 N–H and O–H groups in total. The summed E-state index contributed by atoms with van der Waals surface area (Å²) in [7, 11) is 2.94. The highest BCUT2D eigenvalue weighted by molar-refractivity contribution is 8.13. The average Bonchev–Trinajstić information content (AvgIpc) is 2.40. The molecule has 4 nitrogen and oxygen atoms in total. The Morgan fingerprint density at radius 1 is 1.00 bits per heavy atom. The highest BCUT2D eigenvalue weighted by Crippen LogP contribution is 2.36. The lowest BCUT2D eigenvalue weighted by atomic mass is 10.3. The van der Waals surface area contributed by atoms with Gasteiger partial charge in [0.05, 0.1) is 17.0 Å². The lowest BCUT2D eigenvalue weighted by Gasteiger charge is -2.11. The molecule has 0 spiro atoms. The minimum Gasteiger partial charge on any atom is -0.493 e. The van der Waals surface area contributed by atoms with Gasteiger partial charge in [0.15, 0.2) is 11.5 Å². The van der Waals surface area contributed by atoms with E-state index >= 15 is 0 Å². The van der Waals surface area contributed by atoms with Crippen LogP contribution < -0.4 is 9.47 Å². The van der Waals surface area contributed by atoms with Gasteiger partial charge in [-0.25, -0.2) is 8.42 Å². The molecular weight excluding hydrogens is 323 g/mol. The molecule has 0 heterocycles. The Balaban J connectivity index is 2.35. The molecule has 7 heteroatoms. The Morgan fingerprint density at radius 2 is 1.65 bits per heavy atom. The number of ether oxygens (including phenoxy) is 2. The van der Waals surface area contributed by atoms with E-state index in [1.165, 1.54) is 25.3 Å². The van der Waals surface area contributed by atoms with Gasteiger partial charge in [-0.15, -0.1) is 0 Å². The molecule has 2 rings (SSSR count). The predicted molar refractivity (Wildman–Crippen MR) is 77.6 cm³/mol. The number of benzene rings is 2. The van der Waals surface area contributed by atoms with Crippen LogP contribution >= 0.6 is 22.3 Å². The van der Waals surface area contributed by atoms with Crippen molar-refractivity contribution >= 4 is 31.3 Å². The molecule has 0 radical (unpaired) electrons. The van der Waals surface area contributed by atoms with E-state index in [1.807, 2.05) is 0 Å². The number of methoxy groups -OCH3 is 1. The first-order valence-corrected chi connectivity index (χ1v) is 8.15. The molecule has 0 aromatic heterocycles. The van der Waals surface area contributed by atoms with E-state index in [4.69, 9.17) is 31.8 Å². The van der Waals surface area contributed by atoms with Gasteiger partial charge in [0.1, 0.15) is 5.75 Å². The second kappa shape index (κ2) is 5.91. The third kappa shape index (κ3) is 3.36. The second-order valence-corrected chi connectivity index (χ2v) is 6.76. The van der Waals surface area contributed by atoms with Crippen molar-refractivity contribution in [2.45, 2.75) is 4.90 Å². The minimum absolute atomic E-state index is 0.0865. The normalized spacial score (nSPS) is 11.2. The minimum atomic E-state index is -3.82. The first-order valence-electron chi connectivity index (χ1n) is 5.47. The van der Waals surface area contributed by atoms with Gasteiger partial charge in [0, 0.05) is 10.7 Å². The van der Waals surface area contributed by atoms with Crippen LogP contribution in [0.4, 0.5) is 0 Å². The molecule has 0 saturated carbocycles. The van der Waals surface area contributed by atoms with Crippen LogP contribution in [0.2, 0.25) is 5.02 Å². The van der Waals surface area contributed by atoms with Gasteiger partial charge in [-0.1, -0.05) is 23.7 Å². The predicted octanol–water partition coefficient (Wildman–Crippen LogP) is 4.07. The zero-order chi connectivity index (χ0) is 14.8. The van der Waals surface area contributed by atoms with Crippen molar-refractivity contribution in [1.29, 1.82) is 0 Å². The first-order chi connectivity index (χ1) is 9.41. The SMILES string of the molecule is COc1ccccc1Oc1ccc(S(=O)(=O)Cl)cc1Cl. The van der Waals surface area contributed by atoms with Crippen LogP contribution in [0.25, 0.3) is 0 Å². The van der Waals surface area contributed by atoms with Crippen molar-refractivity contribution in [2.75, 3.05) is 7.11 Å². The standard InChI is InChI=1S/C13H10Cl2O4S/c1-18-12-4-2-3-5-13(12)19-11-7-6-9(8-10(11)14)20(15,16)17/h2-8H,1H3. The average molecular weight is 333 g/mol. The van der Waals surface area contributed by atoms with Crippen molar-refractivity contribution in [3.8, 4) is 17.2 Å². The maximum absolute atomic E-state index is 11.2. The molecule has 20 heavy (non-hydrogen) atoms. The molecular formula is C13H10Cl2O4S. The number of halogens is 2. The summed E-state index contributed by atoms with van der Waals surface area (Å²) in [6.45, 7) is 0. The van der Waals surface area contributed by atoms with Crippen LogP contribution in [0.3, 0.4) is 0 Å². The van der Waals surface area contributed by atoms with E-state index < -0.39 is 9.05 Å². The zero-order valence-electron chi connectivity index (χ0n) is 10.3. The van der Waals surface area contributed by atoms with Crippen molar-refractivity contribution in [1.82, 2.24) is 0 Å².